The van der Waals surface area contributed by atoms with E-state index in [0.29, 0.717) is 12.4 Å². The number of aromatic nitrogens is 2. The minimum absolute atomic E-state index is 0.0382. The van der Waals surface area contributed by atoms with Gasteiger partial charge in [0, 0.05) is 39.0 Å². The van der Waals surface area contributed by atoms with E-state index < -0.39 is 10.2 Å². The van der Waals surface area contributed by atoms with Crippen LogP contribution >= 0.6 is 0 Å². The van der Waals surface area contributed by atoms with Crippen molar-refractivity contribution in [3.63, 3.8) is 0 Å². The van der Waals surface area contributed by atoms with Gasteiger partial charge < -0.3 is 4.74 Å². The first-order valence-corrected chi connectivity index (χ1v) is 9.60. The molecule has 8 heteroatoms. The Labute approximate surface area is 149 Å². The third-order valence-corrected chi connectivity index (χ3v) is 6.44. The van der Waals surface area contributed by atoms with Gasteiger partial charge in [-0.1, -0.05) is 18.2 Å². The summed E-state index contributed by atoms with van der Waals surface area (Å²) >= 11 is 0. The van der Waals surface area contributed by atoms with Gasteiger partial charge >= 0.3 is 10.2 Å². The second kappa shape index (κ2) is 6.78. The summed E-state index contributed by atoms with van der Waals surface area (Å²) in [4.78, 5) is 6.30. The third kappa shape index (κ3) is 3.42. The van der Waals surface area contributed by atoms with Gasteiger partial charge in [0.1, 0.15) is 17.7 Å². The van der Waals surface area contributed by atoms with Gasteiger partial charge in [0.25, 0.3) is 0 Å². The highest BCUT2D eigenvalue weighted by Gasteiger charge is 2.30. The largest absolute Gasteiger partial charge is 0.488 e. The SMILES string of the molecule is C[C@H]([C@H]1Cc2ccccc2O1)N(C)Cc1nccn1S(=O)(=O)N(C)C. The van der Waals surface area contributed by atoms with Crippen molar-refractivity contribution in [2.75, 3.05) is 21.1 Å². The van der Waals surface area contributed by atoms with Crippen molar-refractivity contribution in [2.45, 2.75) is 32.0 Å². The normalized spacial score (nSPS) is 18.4. The van der Waals surface area contributed by atoms with E-state index in [4.69, 9.17) is 4.74 Å². The van der Waals surface area contributed by atoms with Gasteiger partial charge in [-0.3, -0.25) is 4.90 Å². The Morgan fingerprint density at radius 2 is 2.04 bits per heavy atom. The average Bonchev–Trinajstić information content (AvgIpc) is 3.20. The highest BCUT2D eigenvalue weighted by Crippen LogP contribution is 2.30. The molecule has 7 nitrogen and oxygen atoms in total. The fraction of sp³-hybridized carbons (Fsp3) is 0.471. The number of para-hydroxylation sites is 1. The molecule has 2 aromatic rings. The molecule has 0 saturated carbocycles. The summed E-state index contributed by atoms with van der Waals surface area (Å²) in [6, 6.07) is 8.16. The number of hydrogen-bond donors (Lipinski definition) is 0. The van der Waals surface area contributed by atoms with Crippen LogP contribution in [0.15, 0.2) is 36.7 Å². The van der Waals surface area contributed by atoms with Crippen LogP contribution in [-0.4, -0.2) is 59.9 Å². The number of likely N-dealkylation sites (N-methyl/N-ethyl adjacent to an activating group) is 1. The molecule has 1 aliphatic heterocycles. The summed E-state index contributed by atoms with van der Waals surface area (Å²) in [5.41, 5.74) is 1.21. The molecule has 0 fully saturated rings. The van der Waals surface area contributed by atoms with Gasteiger partial charge in [-0.15, -0.1) is 0 Å². The van der Waals surface area contributed by atoms with Gasteiger partial charge in [0.15, 0.2) is 0 Å². The number of ether oxygens (including phenoxy) is 1. The molecule has 0 bridgehead atoms. The van der Waals surface area contributed by atoms with E-state index in [1.165, 1.54) is 40.3 Å². The van der Waals surface area contributed by atoms with E-state index in [1.54, 1.807) is 0 Å². The first-order valence-electron chi connectivity index (χ1n) is 8.20. The first kappa shape index (κ1) is 17.9. The number of nitrogens with zero attached hydrogens (tertiary/aromatic N) is 4. The molecule has 3 rings (SSSR count). The van der Waals surface area contributed by atoms with Crippen LogP contribution < -0.4 is 4.74 Å². The number of imidazole rings is 1. The van der Waals surface area contributed by atoms with Crippen molar-refractivity contribution in [2.24, 2.45) is 0 Å². The van der Waals surface area contributed by atoms with Crippen molar-refractivity contribution in [3.8, 4) is 5.75 Å². The lowest BCUT2D eigenvalue weighted by atomic mass is 10.0. The lowest BCUT2D eigenvalue weighted by Crippen LogP contribution is -2.42. The van der Waals surface area contributed by atoms with Crippen molar-refractivity contribution < 1.29 is 13.2 Å². The van der Waals surface area contributed by atoms with Gasteiger partial charge in [-0.05, 0) is 25.6 Å². The monoisotopic (exact) mass is 364 g/mol. The predicted molar refractivity (Wildman–Crippen MR) is 95.7 cm³/mol. The Hall–Kier alpha value is -1.90. The Bertz CT molecular complexity index is 822. The quantitative estimate of drug-likeness (QED) is 0.774. The van der Waals surface area contributed by atoms with Crippen molar-refractivity contribution in [1.29, 1.82) is 0 Å². The fourth-order valence-electron chi connectivity index (χ4n) is 2.95. The molecule has 0 N–H and O–H groups in total. The number of fused-ring (bicyclic) bond motifs is 1. The van der Waals surface area contributed by atoms with E-state index in [9.17, 15) is 8.42 Å². The highest BCUT2D eigenvalue weighted by molar-refractivity contribution is 7.87. The zero-order valence-electron chi connectivity index (χ0n) is 15.0. The Balaban J connectivity index is 1.72. The summed E-state index contributed by atoms with van der Waals surface area (Å²) in [5, 5.41) is 0. The molecule has 1 aromatic heterocycles. The zero-order chi connectivity index (χ0) is 18.2. The number of rotatable bonds is 6. The molecule has 0 saturated heterocycles. The van der Waals surface area contributed by atoms with Crippen molar-refractivity contribution in [3.05, 3.63) is 48.0 Å². The second-order valence-corrected chi connectivity index (χ2v) is 8.57. The van der Waals surface area contributed by atoms with Crippen LogP contribution in [0.25, 0.3) is 0 Å². The molecular formula is C17H24N4O3S. The topological polar surface area (TPSA) is 67.7 Å². The van der Waals surface area contributed by atoms with Crippen LogP contribution in [0.2, 0.25) is 0 Å². The predicted octanol–water partition coefficient (Wildman–Crippen LogP) is 1.36. The third-order valence-electron chi connectivity index (χ3n) is 4.69. The Kier molecular flexibility index (Phi) is 4.86. The maximum Gasteiger partial charge on any atom is 0.308 e. The standard InChI is InChI=1S/C17H24N4O3S/c1-13(16-11-14-7-5-6-8-15(14)24-16)20(4)12-17-18-9-10-21(17)25(22,23)19(2)3/h5-10,13,16H,11-12H2,1-4H3/t13-,16-/m1/s1. The Morgan fingerprint density at radius 3 is 2.72 bits per heavy atom. The molecule has 1 aromatic carbocycles. The van der Waals surface area contributed by atoms with E-state index in [-0.39, 0.29) is 12.1 Å². The molecular weight excluding hydrogens is 340 g/mol. The minimum Gasteiger partial charge on any atom is -0.488 e. The first-order chi connectivity index (χ1) is 11.8. The maximum atomic E-state index is 12.4. The summed E-state index contributed by atoms with van der Waals surface area (Å²) in [6.07, 6.45) is 3.88. The highest BCUT2D eigenvalue weighted by atomic mass is 32.2. The van der Waals surface area contributed by atoms with Crippen molar-refractivity contribution >= 4 is 10.2 Å². The average molecular weight is 364 g/mol. The summed E-state index contributed by atoms with van der Waals surface area (Å²) in [6.45, 7) is 2.50. The van der Waals surface area contributed by atoms with E-state index in [0.717, 1.165) is 12.2 Å². The molecule has 0 spiro atoms. The van der Waals surface area contributed by atoms with Gasteiger partial charge in [-0.25, -0.2) is 8.96 Å². The molecule has 0 aliphatic carbocycles. The van der Waals surface area contributed by atoms with Crippen LogP contribution in [-0.2, 0) is 23.2 Å². The van der Waals surface area contributed by atoms with Crippen LogP contribution in [0.1, 0.15) is 18.3 Å². The zero-order valence-corrected chi connectivity index (χ0v) is 15.8. The lowest BCUT2D eigenvalue weighted by molar-refractivity contribution is 0.103. The van der Waals surface area contributed by atoms with E-state index in [1.807, 2.05) is 25.2 Å². The number of hydrogen-bond acceptors (Lipinski definition) is 5. The maximum absolute atomic E-state index is 12.4. The molecule has 1 aliphatic rings. The smallest absolute Gasteiger partial charge is 0.308 e. The number of benzene rings is 1. The second-order valence-electron chi connectivity index (χ2n) is 6.55. The summed E-state index contributed by atoms with van der Waals surface area (Å²) in [7, 11) is 1.41. The fourth-order valence-corrected chi connectivity index (χ4v) is 3.88. The van der Waals surface area contributed by atoms with Crippen LogP contribution in [0, 0.1) is 0 Å². The molecule has 2 atom stereocenters. The minimum atomic E-state index is -3.57. The van der Waals surface area contributed by atoms with Crippen LogP contribution in [0.3, 0.4) is 0 Å². The van der Waals surface area contributed by atoms with E-state index >= 15 is 0 Å². The van der Waals surface area contributed by atoms with Crippen LogP contribution in [0.5, 0.6) is 5.75 Å². The molecule has 0 amide bonds. The molecule has 0 unspecified atom stereocenters. The summed E-state index contributed by atoms with van der Waals surface area (Å²) < 4.78 is 33.2. The van der Waals surface area contributed by atoms with Gasteiger partial charge in [0.2, 0.25) is 0 Å². The molecule has 0 radical (unpaired) electrons. The Morgan fingerprint density at radius 1 is 1.32 bits per heavy atom. The van der Waals surface area contributed by atoms with Gasteiger partial charge in [0.05, 0.1) is 6.54 Å². The molecule has 136 valence electrons. The molecule has 2 heterocycles. The molecule has 25 heavy (non-hydrogen) atoms. The van der Waals surface area contributed by atoms with Crippen molar-refractivity contribution in [1.82, 2.24) is 18.2 Å². The lowest BCUT2D eigenvalue weighted by Gasteiger charge is -2.29. The van der Waals surface area contributed by atoms with Crippen LogP contribution in [0.4, 0.5) is 0 Å². The summed E-state index contributed by atoms with van der Waals surface area (Å²) in [5.74, 6) is 1.42. The van der Waals surface area contributed by atoms with Gasteiger partial charge in [-0.2, -0.15) is 12.7 Å². The van der Waals surface area contributed by atoms with E-state index in [2.05, 4.69) is 22.9 Å².